The summed E-state index contributed by atoms with van der Waals surface area (Å²) in [7, 11) is 0. The molecule has 2 aromatic rings. The molecule has 2 heterocycles. The maximum absolute atomic E-state index is 12.9. The van der Waals surface area contributed by atoms with Crippen molar-refractivity contribution in [1.82, 2.24) is 4.90 Å². The minimum atomic E-state index is -0.576. The van der Waals surface area contributed by atoms with Crippen molar-refractivity contribution in [1.29, 1.82) is 0 Å². The van der Waals surface area contributed by atoms with Crippen LogP contribution in [0, 0.1) is 13.8 Å². The van der Waals surface area contributed by atoms with E-state index in [9.17, 15) is 14.4 Å². The molecule has 2 aliphatic heterocycles. The van der Waals surface area contributed by atoms with Crippen LogP contribution in [-0.4, -0.2) is 41.1 Å². The fraction of sp³-hybridized carbons (Fsp3) is 0.400. The van der Waals surface area contributed by atoms with Crippen LogP contribution < -0.4 is 4.74 Å². The van der Waals surface area contributed by atoms with Gasteiger partial charge in [-0.25, -0.2) is 0 Å². The van der Waals surface area contributed by atoms with E-state index < -0.39 is 5.60 Å². The van der Waals surface area contributed by atoms with Crippen LogP contribution in [0.15, 0.2) is 36.4 Å². The molecule has 6 heteroatoms. The summed E-state index contributed by atoms with van der Waals surface area (Å²) in [5, 5.41) is 0.608. The number of ketones is 2. The Morgan fingerprint density at radius 1 is 1.10 bits per heavy atom. The minimum absolute atomic E-state index is 0.0235. The third-order valence-corrected chi connectivity index (χ3v) is 7.00. The maximum Gasteiger partial charge on any atom is 0.223 e. The minimum Gasteiger partial charge on any atom is -0.486 e. The smallest absolute Gasteiger partial charge is 0.223 e. The molecule has 0 saturated carbocycles. The van der Waals surface area contributed by atoms with Crippen LogP contribution in [0.1, 0.15) is 63.9 Å². The van der Waals surface area contributed by atoms with Crippen LogP contribution in [-0.2, 0) is 4.79 Å². The Morgan fingerprint density at radius 2 is 1.77 bits per heavy atom. The standard InChI is InChI=1S/C25H26ClNO4/c1-16-14-21-23(17(2)24(16)26)20(29)15-25(31-21)10-12-27(13-11-25)22(30)9-8-19(28)18-6-4-3-5-7-18/h3-7,14H,8-13,15H2,1-2H3. The topological polar surface area (TPSA) is 63.7 Å². The summed E-state index contributed by atoms with van der Waals surface area (Å²) in [6, 6.07) is 10.9. The zero-order chi connectivity index (χ0) is 22.2. The number of amides is 1. The highest BCUT2D eigenvalue weighted by atomic mass is 35.5. The molecular weight excluding hydrogens is 414 g/mol. The fourth-order valence-electron chi connectivity index (χ4n) is 4.59. The van der Waals surface area contributed by atoms with Gasteiger partial charge in [0.2, 0.25) is 5.91 Å². The number of fused-ring (bicyclic) bond motifs is 1. The molecule has 0 aliphatic carbocycles. The zero-order valence-corrected chi connectivity index (χ0v) is 18.6. The molecule has 1 fully saturated rings. The number of benzene rings is 2. The van der Waals surface area contributed by atoms with Crippen molar-refractivity contribution in [2.24, 2.45) is 0 Å². The SMILES string of the molecule is Cc1cc2c(c(C)c1Cl)C(=O)CC1(CCN(C(=O)CCC(=O)c3ccccc3)CC1)O2. The average Bonchev–Trinajstić information content (AvgIpc) is 2.76. The molecule has 0 bridgehead atoms. The number of ether oxygens (including phenoxy) is 1. The van der Waals surface area contributed by atoms with Crippen molar-refractivity contribution < 1.29 is 19.1 Å². The summed E-state index contributed by atoms with van der Waals surface area (Å²) in [5.41, 5.74) is 2.30. The quantitative estimate of drug-likeness (QED) is 0.632. The first-order valence-corrected chi connectivity index (χ1v) is 11.1. The first-order chi connectivity index (χ1) is 14.8. The molecule has 4 rings (SSSR count). The highest BCUT2D eigenvalue weighted by Gasteiger charge is 2.44. The van der Waals surface area contributed by atoms with Crippen molar-refractivity contribution in [2.75, 3.05) is 13.1 Å². The van der Waals surface area contributed by atoms with Gasteiger partial charge in [-0.15, -0.1) is 0 Å². The predicted molar refractivity (Wildman–Crippen MR) is 119 cm³/mol. The summed E-state index contributed by atoms with van der Waals surface area (Å²) >= 11 is 6.33. The number of carbonyl (C=O) groups is 3. The van der Waals surface area contributed by atoms with E-state index in [1.165, 1.54) is 0 Å². The highest BCUT2D eigenvalue weighted by Crippen LogP contribution is 2.43. The number of carbonyl (C=O) groups excluding carboxylic acids is 3. The summed E-state index contributed by atoms with van der Waals surface area (Å²) in [4.78, 5) is 39.6. The highest BCUT2D eigenvalue weighted by molar-refractivity contribution is 6.32. The van der Waals surface area contributed by atoms with E-state index in [1.54, 1.807) is 17.0 Å². The number of rotatable bonds is 4. The lowest BCUT2D eigenvalue weighted by atomic mass is 9.81. The van der Waals surface area contributed by atoms with Crippen LogP contribution >= 0.6 is 11.6 Å². The number of nitrogens with zero attached hydrogens (tertiary/aromatic N) is 1. The summed E-state index contributed by atoms with van der Waals surface area (Å²) in [6.07, 6.45) is 1.88. The number of halogens is 1. The Kier molecular flexibility index (Phi) is 5.89. The van der Waals surface area contributed by atoms with E-state index in [-0.39, 0.29) is 30.3 Å². The van der Waals surface area contributed by atoms with E-state index in [4.69, 9.17) is 16.3 Å². The lowest BCUT2D eigenvalue weighted by Crippen LogP contribution is -2.52. The lowest BCUT2D eigenvalue weighted by molar-refractivity contribution is -0.134. The van der Waals surface area contributed by atoms with Crippen molar-refractivity contribution in [3.63, 3.8) is 0 Å². The average molecular weight is 440 g/mol. The molecule has 0 N–H and O–H groups in total. The second-order valence-corrected chi connectivity index (χ2v) is 8.94. The van der Waals surface area contributed by atoms with Gasteiger partial charge in [-0.2, -0.15) is 0 Å². The molecule has 0 unspecified atom stereocenters. The molecule has 5 nitrogen and oxygen atoms in total. The Morgan fingerprint density at radius 3 is 2.45 bits per heavy atom. The first-order valence-electron chi connectivity index (χ1n) is 10.7. The van der Waals surface area contributed by atoms with Crippen molar-refractivity contribution >= 4 is 29.1 Å². The van der Waals surface area contributed by atoms with E-state index in [0.29, 0.717) is 54.3 Å². The van der Waals surface area contributed by atoms with Gasteiger partial charge in [0.15, 0.2) is 11.6 Å². The third-order valence-electron chi connectivity index (χ3n) is 6.42. The Hall–Kier alpha value is -2.66. The molecule has 1 saturated heterocycles. The third kappa shape index (κ3) is 4.24. The van der Waals surface area contributed by atoms with E-state index in [0.717, 1.165) is 11.1 Å². The van der Waals surface area contributed by atoms with Gasteiger partial charge in [-0.1, -0.05) is 41.9 Å². The Balaban J connectivity index is 1.38. The second kappa shape index (κ2) is 8.46. The fourth-order valence-corrected chi connectivity index (χ4v) is 4.74. The molecule has 0 aromatic heterocycles. The number of Topliss-reactive ketones (excluding diaryl/α,β-unsaturated/α-hetero) is 2. The molecule has 31 heavy (non-hydrogen) atoms. The number of hydrogen-bond donors (Lipinski definition) is 0. The Labute approximate surface area is 187 Å². The van der Waals surface area contributed by atoms with Crippen LogP contribution in [0.2, 0.25) is 5.02 Å². The van der Waals surface area contributed by atoms with Crippen molar-refractivity contribution in [3.8, 4) is 5.75 Å². The lowest BCUT2D eigenvalue weighted by Gasteiger charge is -2.44. The van der Waals surface area contributed by atoms with Gasteiger partial charge in [0.1, 0.15) is 11.4 Å². The normalized spacial score (nSPS) is 17.3. The number of likely N-dealkylation sites (tertiary alicyclic amines) is 1. The summed E-state index contributed by atoms with van der Waals surface area (Å²) < 4.78 is 6.36. The van der Waals surface area contributed by atoms with Crippen LogP contribution in [0.25, 0.3) is 0 Å². The first kappa shape index (κ1) is 21.6. The molecular formula is C25H26ClNO4. The van der Waals surface area contributed by atoms with Crippen LogP contribution in [0.4, 0.5) is 0 Å². The summed E-state index contributed by atoms with van der Waals surface area (Å²) in [5.74, 6) is 0.600. The largest absolute Gasteiger partial charge is 0.486 e. The van der Waals surface area contributed by atoms with E-state index in [1.807, 2.05) is 38.1 Å². The number of piperidine rings is 1. The van der Waals surface area contributed by atoms with Gasteiger partial charge in [0.25, 0.3) is 0 Å². The molecule has 1 spiro atoms. The van der Waals surface area contributed by atoms with Crippen molar-refractivity contribution in [2.45, 2.75) is 51.6 Å². The molecule has 2 aromatic carbocycles. The number of aryl methyl sites for hydroxylation is 1. The number of hydrogen-bond acceptors (Lipinski definition) is 4. The second-order valence-electron chi connectivity index (χ2n) is 8.56. The molecule has 0 atom stereocenters. The van der Waals surface area contributed by atoms with E-state index >= 15 is 0 Å². The molecule has 162 valence electrons. The van der Waals surface area contributed by atoms with Gasteiger partial charge in [-0.05, 0) is 31.0 Å². The van der Waals surface area contributed by atoms with Gasteiger partial charge in [0, 0.05) is 49.4 Å². The summed E-state index contributed by atoms with van der Waals surface area (Å²) in [6.45, 7) is 4.80. The zero-order valence-electron chi connectivity index (χ0n) is 17.9. The van der Waals surface area contributed by atoms with Crippen molar-refractivity contribution in [3.05, 3.63) is 63.7 Å². The van der Waals surface area contributed by atoms with Crippen LogP contribution in [0.3, 0.4) is 0 Å². The molecule has 1 amide bonds. The van der Waals surface area contributed by atoms with Gasteiger partial charge in [-0.3, -0.25) is 14.4 Å². The Bertz CT molecular complexity index is 1040. The molecule has 2 aliphatic rings. The predicted octanol–water partition coefficient (Wildman–Crippen LogP) is 4.95. The van der Waals surface area contributed by atoms with Gasteiger partial charge >= 0.3 is 0 Å². The van der Waals surface area contributed by atoms with Gasteiger partial charge < -0.3 is 9.64 Å². The molecule has 0 radical (unpaired) electrons. The van der Waals surface area contributed by atoms with Gasteiger partial charge in [0.05, 0.1) is 12.0 Å². The maximum atomic E-state index is 12.9. The van der Waals surface area contributed by atoms with E-state index in [2.05, 4.69) is 0 Å². The van der Waals surface area contributed by atoms with Crippen LogP contribution in [0.5, 0.6) is 5.75 Å². The monoisotopic (exact) mass is 439 g/mol.